The standard InChI is InChI=1S/C12H18O3S/c1-9-5-6-10(2)11(7-9)16(14,15)8-12(3,4)13/h5-7,13H,8H2,1-4H3. The van der Waals surface area contributed by atoms with E-state index in [9.17, 15) is 13.5 Å². The SMILES string of the molecule is Cc1ccc(C)c(S(=O)(=O)CC(C)(C)O)c1. The number of hydrogen-bond donors (Lipinski definition) is 1. The van der Waals surface area contributed by atoms with Crippen LogP contribution in [0.2, 0.25) is 0 Å². The number of rotatable bonds is 3. The Hall–Kier alpha value is -0.870. The van der Waals surface area contributed by atoms with Crippen LogP contribution in [0.15, 0.2) is 23.1 Å². The molecule has 0 aliphatic carbocycles. The molecule has 0 spiro atoms. The van der Waals surface area contributed by atoms with Crippen molar-refractivity contribution in [3.8, 4) is 0 Å². The summed E-state index contributed by atoms with van der Waals surface area (Å²) in [6, 6.07) is 5.31. The third kappa shape index (κ3) is 3.32. The number of hydrogen-bond acceptors (Lipinski definition) is 3. The first-order valence-corrected chi connectivity index (χ1v) is 6.79. The fourth-order valence-corrected chi connectivity index (χ4v) is 3.59. The quantitative estimate of drug-likeness (QED) is 0.880. The van der Waals surface area contributed by atoms with Crippen LogP contribution in [0.1, 0.15) is 25.0 Å². The molecular formula is C12H18O3S. The van der Waals surface area contributed by atoms with E-state index in [1.807, 2.05) is 13.0 Å². The second kappa shape index (κ2) is 4.18. The van der Waals surface area contributed by atoms with Gasteiger partial charge in [-0.3, -0.25) is 0 Å². The van der Waals surface area contributed by atoms with Gasteiger partial charge in [0.25, 0.3) is 0 Å². The maximum Gasteiger partial charge on any atom is 0.181 e. The van der Waals surface area contributed by atoms with Crippen LogP contribution in [-0.4, -0.2) is 24.9 Å². The monoisotopic (exact) mass is 242 g/mol. The van der Waals surface area contributed by atoms with Crippen molar-refractivity contribution in [3.63, 3.8) is 0 Å². The van der Waals surface area contributed by atoms with Crippen molar-refractivity contribution in [1.82, 2.24) is 0 Å². The third-order valence-electron chi connectivity index (χ3n) is 2.22. The lowest BCUT2D eigenvalue weighted by molar-refractivity contribution is 0.105. The van der Waals surface area contributed by atoms with Gasteiger partial charge in [0.1, 0.15) is 0 Å². The second-order valence-corrected chi connectivity index (χ2v) is 6.80. The molecule has 1 N–H and O–H groups in total. The molecule has 0 atom stereocenters. The molecule has 0 amide bonds. The first-order valence-electron chi connectivity index (χ1n) is 5.14. The third-order valence-corrected chi connectivity index (χ3v) is 4.42. The lowest BCUT2D eigenvalue weighted by Gasteiger charge is -2.18. The van der Waals surface area contributed by atoms with Crippen molar-refractivity contribution in [2.45, 2.75) is 38.2 Å². The van der Waals surface area contributed by atoms with E-state index >= 15 is 0 Å². The molecule has 3 nitrogen and oxygen atoms in total. The van der Waals surface area contributed by atoms with Crippen LogP contribution < -0.4 is 0 Å². The Kier molecular flexibility index (Phi) is 3.45. The summed E-state index contributed by atoms with van der Waals surface area (Å²) < 4.78 is 24.1. The van der Waals surface area contributed by atoms with Gasteiger partial charge in [-0.25, -0.2) is 8.42 Å². The van der Waals surface area contributed by atoms with Crippen LogP contribution in [0.5, 0.6) is 0 Å². The van der Waals surface area contributed by atoms with Gasteiger partial charge in [-0.15, -0.1) is 0 Å². The summed E-state index contributed by atoms with van der Waals surface area (Å²) >= 11 is 0. The predicted octanol–water partition coefficient (Wildman–Crippen LogP) is 1.85. The normalized spacial score (nSPS) is 12.8. The zero-order valence-corrected chi connectivity index (χ0v) is 10.9. The molecule has 90 valence electrons. The minimum atomic E-state index is -3.42. The zero-order valence-electron chi connectivity index (χ0n) is 10.1. The van der Waals surface area contributed by atoms with Gasteiger partial charge >= 0.3 is 0 Å². The first kappa shape index (κ1) is 13.2. The lowest BCUT2D eigenvalue weighted by Crippen LogP contribution is -2.30. The number of benzene rings is 1. The van der Waals surface area contributed by atoms with Gasteiger partial charge in [0.2, 0.25) is 0 Å². The van der Waals surface area contributed by atoms with Crippen LogP contribution >= 0.6 is 0 Å². The average Bonchev–Trinajstić information content (AvgIpc) is 2.04. The van der Waals surface area contributed by atoms with Crippen molar-refractivity contribution in [2.75, 3.05) is 5.75 Å². The van der Waals surface area contributed by atoms with Gasteiger partial charge in [0, 0.05) is 0 Å². The molecule has 1 aromatic carbocycles. The molecule has 0 heterocycles. The topological polar surface area (TPSA) is 54.4 Å². The molecular weight excluding hydrogens is 224 g/mol. The molecule has 0 bridgehead atoms. The molecule has 0 saturated heterocycles. The summed E-state index contributed by atoms with van der Waals surface area (Å²) in [5, 5.41) is 9.60. The highest BCUT2D eigenvalue weighted by Gasteiger charge is 2.26. The van der Waals surface area contributed by atoms with Crippen molar-refractivity contribution in [3.05, 3.63) is 29.3 Å². The summed E-state index contributed by atoms with van der Waals surface area (Å²) in [4.78, 5) is 0.314. The van der Waals surface area contributed by atoms with E-state index in [1.165, 1.54) is 13.8 Å². The van der Waals surface area contributed by atoms with Crippen LogP contribution in [0, 0.1) is 13.8 Å². The molecule has 0 aromatic heterocycles. The Balaban J connectivity index is 3.22. The van der Waals surface area contributed by atoms with Crippen molar-refractivity contribution in [1.29, 1.82) is 0 Å². The smallest absolute Gasteiger partial charge is 0.181 e. The van der Waals surface area contributed by atoms with Gasteiger partial charge in [-0.2, -0.15) is 0 Å². The molecule has 4 heteroatoms. The van der Waals surface area contributed by atoms with Crippen molar-refractivity contribution in [2.24, 2.45) is 0 Å². The summed E-state index contributed by atoms with van der Waals surface area (Å²) in [6.45, 7) is 6.60. The van der Waals surface area contributed by atoms with Gasteiger partial charge in [-0.05, 0) is 44.9 Å². The van der Waals surface area contributed by atoms with Gasteiger partial charge in [-0.1, -0.05) is 12.1 Å². The maximum absolute atomic E-state index is 12.1. The maximum atomic E-state index is 12.1. The van der Waals surface area contributed by atoms with Crippen LogP contribution in [0.3, 0.4) is 0 Å². The van der Waals surface area contributed by atoms with E-state index in [0.717, 1.165) is 11.1 Å². The van der Waals surface area contributed by atoms with Gasteiger partial charge < -0.3 is 5.11 Å². The fourth-order valence-electron chi connectivity index (χ4n) is 1.59. The highest BCUT2D eigenvalue weighted by atomic mass is 32.2. The Labute approximate surface area is 97.0 Å². The molecule has 0 radical (unpaired) electrons. The molecule has 0 saturated carbocycles. The Bertz CT molecular complexity index is 481. The number of aliphatic hydroxyl groups is 1. The summed E-state index contributed by atoms with van der Waals surface area (Å²) in [5.41, 5.74) is 0.407. The van der Waals surface area contributed by atoms with E-state index in [0.29, 0.717) is 4.90 Å². The Morgan fingerprint density at radius 2 is 1.81 bits per heavy atom. The van der Waals surface area contributed by atoms with E-state index < -0.39 is 15.4 Å². The summed E-state index contributed by atoms with van der Waals surface area (Å²) in [6.07, 6.45) is 0. The first-order chi connectivity index (χ1) is 7.12. The van der Waals surface area contributed by atoms with E-state index in [2.05, 4.69) is 0 Å². The predicted molar refractivity (Wildman–Crippen MR) is 64.3 cm³/mol. The number of aryl methyl sites for hydroxylation is 2. The summed E-state index contributed by atoms with van der Waals surface area (Å²) in [5.74, 6) is -0.260. The van der Waals surface area contributed by atoms with Gasteiger partial charge in [0.15, 0.2) is 9.84 Å². The van der Waals surface area contributed by atoms with Gasteiger partial charge in [0.05, 0.1) is 16.2 Å². The molecule has 0 aliphatic rings. The number of sulfone groups is 1. The molecule has 0 unspecified atom stereocenters. The van der Waals surface area contributed by atoms with Crippen LogP contribution in [0.25, 0.3) is 0 Å². The van der Waals surface area contributed by atoms with E-state index in [1.54, 1.807) is 19.1 Å². The minimum Gasteiger partial charge on any atom is -0.389 e. The van der Waals surface area contributed by atoms with Crippen LogP contribution in [-0.2, 0) is 9.84 Å². The molecule has 1 rings (SSSR count). The highest BCUT2D eigenvalue weighted by molar-refractivity contribution is 7.91. The van der Waals surface area contributed by atoms with Crippen molar-refractivity contribution < 1.29 is 13.5 Å². The molecule has 16 heavy (non-hydrogen) atoms. The van der Waals surface area contributed by atoms with Crippen LogP contribution in [0.4, 0.5) is 0 Å². The average molecular weight is 242 g/mol. The molecule has 0 fully saturated rings. The minimum absolute atomic E-state index is 0.260. The Morgan fingerprint density at radius 1 is 1.25 bits per heavy atom. The summed E-state index contributed by atoms with van der Waals surface area (Å²) in [7, 11) is -3.42. The van der Waals surface area contributed by atoms with E-state index in [4.69, 9.17) is 0 Å². The second-order valence-electron chi connectivity index (χ2n) is 4.84. The van der Waals surface area contributed by atoms with Crippen molar-refractivity contribution >= 4 is 9.84 Å². The zero-order chi connectivity index (χ0) is 12.6. The fraction of sp³-hybridized carbons (Fsp3) is 0.500. The molecule has 1 aromatic rings. The Morgan fingerprint density at radius 3 is 2.31 bits per heavy atom. The van der Waals surface area contributed by atoms with E-state index in [-0.39, 0.29) is 5.75 Å². The lowest BCUT2D eigenvalue weighted by atomic mass is 10.2. The largest absolute Gasteiger partial charge is 0.389 e. The highest BCUT2D eigenvalue weighted by Crippen LogP contribution is 2.21. The molecule has 0 aliphatic heterocycles.